The number of benzene rings is 2. The van der Waals surface area contributed by atoms with Crippen LogP contribution in [0.2, 0.25) is 0 Å². The predicted molar refractivity (Wildman–Crippen MR) is 121 cm³/mol. The van der Waals surface area contributed by atoms with Gasteiger partial charge in [0.15, 0.2) is 6.23 Å². The second kappa shape index (κ2) is 8.45. The SMILES string of the molecule is C[C@H]1O[C@@H](n2cc(-c3cccc([N+](=O)[O-])c3)c3c(Nc4ccc(F)cc4)ncnc32)[C@H](O)[C@@H]1O. The maximum absolute atomic E-state index is 13.4. The Hall–Kier alpha value is -3.93. The molecule has 1 aliphatic heterocycles. The van der Waals surface area contributed by atoms with Crippen molar-refractivity contribution in [3.63, 3.8) is 0 Å². The first-order valence-electron chi connectivity index (χ1n) is 10.5. The molecule has 1 saturated heterocycles. The van der Waals surface area contributed by atoms with E-state index in [0.717, 1.165) is 0 Å². The molecule has 3 N–H and O–H groups in total. The summed E-state index contributed by atoms with van der Waals surface area (Å²) < 4.78 is 20.7. The molecule has 0 saturated carbocycles. The third-order valence-corrected chi connectivity index (χ3v) is 5.84. The summed E-state index contributed by atoms with van der Waals surface area (Å²) in [7, 11) is 0. The second-order valence-electron chi connectivity index (χ2n) is 8.02. The standard InChI is InChI=1S/C23H20FN5O5/c1-12-19(30)20(31)23(34-12)28-10-17(13-3-2-4-16(9-13)29(32)33)18-21(25-11-26-22(18)28)27-15-7-5-14(24)6-8-15/h2-12,19-20,23,30-31H,1H3,(H,25,26,27)/t12-,19-,20-,23-/m1/s1. The van der Waals surface area contributed by atoms with Crippen LogP contribution in [0.15, 0.2) is 61.1 Å². The van der Waals surface area contributed by atoms with Gasteiger partial charge in [-0.05, 0) is 36.8 Å². The van der Waals surface area contributed by atoms with Gasteiger partial charge in [0.1, 0.15) is 35.8 Å². The Balaban J connectivity index is 1.71. The number of fused-ring (bicyclic) bond motifs is 1. The van der Waals surface area contributed by atoms with Gasteiger partial charge in [0.2, 0.25) is 0 Å². The fourth-order valence-electron chi connectivity index (χ4n) is 4.11. The highest BCUT2D eigenvalue weighted by Gasteiger charge is 2.42. The molecule has 4 atom stereocenters. The van der Waals surface area contributed by atoms with E-state index < -0.39 is 29.5 Å². The van der Waals surface area contributed by atoms with E-state index >= 15 is 0 Å². The zero-order valence-corrected chi connectivity index (χ0v) is 17.9. The number of ether oxygens (including phenoxy) is 1. The van der Waals surface area contributed by atoms with Crippen LogP contribution in [0.5, 0.6) is 0 Å². The molecule has 1 aliphatic rings. The number of halogens is 1. The number of hydrogen-bond acceptors (Lipinski definition) is 8. The van der Waals surface area contributed by atoms with Gasteiger partial charge < -0.3 is 24.8 Å². The zero-order valence-electron chi connectivity index (χ0n) is 17.9. The van der Waals surface area contributed by atoms with Crippen molar-refractivity contribution in [1.29, 1.82) is 0 Å². The first-order chi connectivity index (χ1) is 16.3. The molecule has 0 amide bonds. The average molecular weight is 465 g/mol. The van der Waals surface area contributed by atoms with Gasteiger partial charge in [-0.25, -0.2) is 14.4 Å². The van der Waals surface area contributed by atoms with Crippen LogP contribution < -0.4 is 5.32 Å². The van der Waals surface area contributed by atoms with Crippen LogP contribution in [0.1, 0.15) is 13.2 Å². The smallest absolute Gasteiger partial charge is 0.270 e. The Morgan fingerprint density at radius 1 is 1.15 bits per heavy atom. The van der Waals surface area contributed by atoms with Gasteiger partial charge in [-0.1, -0.05) is 12.1 Å². The van der Waals surface area contributed by atoms with Crippen LogP contribution >= 0.6 is 0 Å². The maximum atomic E-state index is 13.4. The van der Waals surface area contributed by atoms with Crippen molar-refractivity contribution in [2.75, 3.05) is 5.32 Å². The Morgan fingerprint density at radius 3 is 2.59 bits per heavy atom. The van der Waals surface area contributed by atoms with Crippen LogP contribution in [0.4, 0.5) is 21.6 Å². The third-order valence-electron chi connectivity index (χ3n) is 5.84. The molecule has 10 nitrogen and oxygen atoms in total. The van der Waals surface area contributed by atoms with Crippen molar-refractivity contribution in [3.8, 4) is 11.1 Å². The summed E-state index contributed by atoms with van der Waals surface area (Å²) in [4.78, 5) is 19.6. The van der Waals surface area contributed by atoms with Gasteiger partial charge in [0.05, 0.1) is 16.4 Å². The number of hydrogen-bond donors (Lipinski definition) is 3. The predicted octanol–water partition coefficient (Wildman–Crippen LogP) is 3.53. The van der Waals surface area contributed by atoms with E-state index in [9.17, 15) is 24.7 Å². The monoisotopic (exact) mass is 465 g/mol. The molecule has 4 aromatic rings. The van der Waals surface area contributed by atoms with Crippen molar-refractivity contribution in [2.24, 2.45) is 0 Å². The fourth-order valence-corrected chi connectivity index (χ4v) is 4.11. The molecule has 0 unspecified atom stereocenters. The largest absolute Gasteiger partial charge is 0.388 e. The lowest BCUT2D eigenvalue weighted by Gasteiger charge is -2.17. The molecule has 34 heavy (non-hydrogen) atoms. The van der Waals surface area contributed by atoms with E-state index in [4.69, 9.17) is 4.74 Å². The number of nitro groups is 1. The molecule has 1 fully saturated rings. The summed E-state index contributed by atoms with van der Waals surface area (Å²) in [6.45, 7) is 1.65. The lowest BCUT2D eigenvalue weighted by molar-refractivity contribution is -0.384. The first kappa shape index (κ1) is 21.9. The van der Waals surface area contributed by atoms with Gasteiger partial charge in [0, 0.05) is 29.6 Å². The summed E-state index contributed by atoms with van der Waals surface area (Å²) in [5.41, 5.74) is 1.93. The van der Waals surface area contributed by atoms with Crippen LogP contribution in [0.3, 0.4) is 0 Å². The van der Waals surface area contributed by atoms with E-state index in [0.29, 0.717) is 33.7 Å². The minimum Gasteiger partial charge on any atom is -0.388 e. The van der Waals surface area contributed by atoms with Gasteiger partial charge in [-0.3, -0.25) is 10.1 Å². The van der Waals surface area contributed by atoms with Crippen molar-refractivity contribution in [3.05, 3.63) is 77.0 Å². The van der Waals surface area contributed by atoms with Crippen molar-refractivity contribution >= 4 is 28.2 Å². The fraction of sp³-hybridized carbons (Fsp3) is 0.217. The highest BCUT2D eigenvalue weighted by atomic mass is 19.1. The number of non-ortho nitro benzene ring substituents is 1. The number of aliphatic hydroxyl groups is 2. The first-order valence-corrected chi connectivity index (χ1v) is 10.5. The molecule has 2 aromatic carbocycles. The Labute approximate surface area is 192 Å². The van der Waals surface area contributed by atoms with Gasteiger partial charge in [0.25, 0.3) is 5.69 Å². The van der Waals surface area contributed by atoms with E-state index in [2.05, 4.69) is 15.3 Å². The molecule has 0 aliphatic carbocycles. The van der Waals surface area contributed by atoms with Gasteiger partial charge in [-0.2, -0.15) is 0 Å². The Morgan fingerprint density at radius 2 is 1.91 bits per heavy atom. The van der Waals surface area contributed by atoms with Crippen molar-refractivity contribution in [1.82, 2.24) is 14.5 Å². The highest BCUT2D eigenvalue weighted by molar-refractivity contribution is 6.02. The van der Waals surface area contributed by atoms with Gasteiger partial charge >= 0.3 is 0 Å². The molecule has 5 rings (SSSR count). The molecular weight excluding hydrogens is 445 g/mol. The minimum atomic E-state index is -1.22. The lowest BCUT2D eigenvalue weighted by Crippen LogP contribution is -2.30. The summed E-state index contributed by atoms with van der Waals surface area (Å²) in [6, 6.07) is 11.8. The minimum absolute atomic E-state index is 0.0931. The van der Waals surface area contributed by atoms with Crippen LogP contribution in [-0.4, -0.2) is 48.0 Å². The lowest BCUT2D eigenvalue weighted by atomic mass is 10.1. The quantitative estimate of drug-likeness (QED) is 0.301. The van der Waals surface area contributed by atoms with E-state index in [1.807, 2.05) is 0 Å². The average Bonchev–Trinajstić information content (AvgIpc) is 3.34. The van der Waals surface area contributed by atoms with Crippen LogP contribution in [-0.2, 0) is 4.74 Å². The molecule has 2 aromatic heterocycles. The number of rotatable bonds is 5. The van der Waals surface area contributed by atoms with Crippen LogP contribution in [0, 0.1) is 15.9 Å². The topological polar surface area (TPSA) is 136 Å². The van der Waals surface area contributed by atoms with Crippen molar-refractivity contribution < 1.29 is 24.3 Å². The third kappa shape index (κ3) is 3.75. The Bertz CT molecular complexity index is 1380. The number of aliphatic hydroxyl groups excluding tert-OH is 2. The second-order valence-corrected chi connectivity index (χ2v) is 8.02. The molecular formula is C23H20FN5O5. The summed E-state index contributed by atoms with van der Waals surface area (Å²) in [6.07, 6.45) is -0.879. The van der Waals surface area contributed by atoms with E-state index in [1.54, 1.807) is 42.0 Å². The molecule has 11 heteroatoms. The number of nitro benzene ring substituents is 1. The number of aromatic nitrogens is 3. The molecule has 0 spiro atoms. The molecule has 3 heterocycles. The highest BCUT2D eigenvalue weighted by Crippen LogP contribution is 2.40. The van der Waals surface area contributed by atoms with E-state index in [-0.39, 0.29) is 11.5 Å². The number of nitrogens with one attached hydrogen (secondary N) is 1. The molecule has 0 bridgehead atoms. The van der Waals surface area contributed by atoms with Crippen LogP contribution in [0.25, 0.3) is 22.2 Å². The zero-order chi connectivity index (χ0) is 24.0. The number of anilines is 2. The molecule has 0 radical (unpaired) electrons. The maximum Gasteiger partial charge on any atom is 0.270 e. The van der Waals surface area contributed by atoms with E-state index in [1.165, 1.54) is 30.6 Å². The summed E-state index contributed by atoms with van der Waals surface area (Å²) >= 11 is 0. The Kier molecular flexibility index (Phi) is 5.44. The summed E-state index contributed by atoms with van der Waals surface area (Å²) in [5, 5.41) is 35.8. The van der Waals surface area contributed by atoms with Crippen molar-refractivity contribution in [2.45, 2.75) is 31.5 Å². The van der Waals surface area contributed by atoms with Gasteiger partial charge in [-0.15, -0.1) is 0 Å². The normalized spacial score (nSPS) is 22.2. The molecule has 174 valence electrons. The summed E-state index contributed by atoms with van der Waals surface area (Å²) in [5.74, 6) is -0.0141. The number of nitrogens with zero attached hydrogens (tertiary/aromatic N) is 4.